The predicted octanol–water partition coefficient (Wildman–Crippen LogP) is 16.0. The fourth-order valence-electron chi connectivity index (χ4n) is 7.49. The van der Waals surface area contributed by atoms with Crippen molar-refractivity contribution in [1.29, 1.82) is 0 Å². The molecular weight excluding hydrogens is 880 g/mol. The van der Waals surface area contributed by atoms with Gasteiger partial charge in [-0.2, -0.15) is 0 Å². The Kier molecular flexibility index (Phi) is 46.8. The van der Waals surface area contributed by atoms with Crippen LogP contribution in [0.3, 0.4) is 0 Å². The number of hydrogen-bond acceptors (Lipinski definition) is 7. The molecule has 1 amide bonds. The Balaban J connectivity index is 5.50. The van der Waals surface area contributed by atoms with Crippen LogP contribution in [0, 0.1) is 0 Å². The molecule has 0 aromatic rings. The lowest BCUT2D eigenvalue weighted by molar-refractivity contribution is -0.870. The third-order valence-corrected chi connectivity index (χ3v) is 12.8. The minimum absolute atomic E-state index is 0.0370. The number of carbonyl (C=O) groups excluding carboxylic acids is 2. The summed E-state index contributed by atoms with van der Waals surface area (Å²) in [6, 6.07) is -0.921. The predicted molar refractivity (Wildman–Crippen MR) is 293 cm³/mol. The van der Waals surface area contributed by atoms with E-state index >= 15 is 0 Å². The number of likely N-dealkylation sites (N-methyl/N-ethyl adjacent to an activating group) is 1. The first kappa shape index (κ1) is 66.2. The summed E-state index contributed by atoms with van der Waals surface area (Å²) in [4.78, 5) is 39.8. The van der Waals surface area contributed by atoms with Crippen LogP contribution in [0.1, 0.15) is 226 Å². The Morgan fingerprint density at radius 3 is 1.43 bits per heavy atom. The average molecular weight is 985 g/mol. The Hall–Kier alpha value is -2.81. The number of ether oxygens (including phenoxy) is 1. The number of phosphoric acid groups is 1. The molecule has 0 aliphatic carbocycles. The number of hydrogen-bond donors (Lipinski definition) is 1. The van der Waals surface area contributed by atoms with Crippen LogP contribution in [0.2, 0.25) is 0 Å². The fraction of sp³-hybridized carbons (Fsp3) is 0.729. The summed E-state index contributed by atoms with van der Waals surface area (Å²) in [6.07, 6.45) is 62.7. The van der Waals surface area contributed by atoms with Crippen molar-refractivity contribution in [3.05, 3.63) is 85.1 Å². The number of esters is 1. The van der Waals surface area contributed by atoms with Gasteiger partial charge in [-0.1, -0.05) is 202 Å². The second-order valence-corrected chi connectivity index (χ2v) is 21.1. The van der Waals surface area contributed by atoms with Crippen LogP contribution in [0.4, 0.5) is 0 Å². The summed E-state index contributed by atoms with van der Waals surface area (Å²) >= 11 is 0. The molecule has 0 rings (SSSR count). The number of phosphoric ester groups is 1. The van der Waals surface area contributed by atoms with Gasteiger partial charge in [0, 0.05) is 12.8 Å². The van der Waals surface area contributed by atoms with E-state index < -0.39 is 32.5 Å². The van der Waals surface area contributed by atoms with E-state index in [4.69, 9.17) is 13.8 Å². The monoisotopic (exact) mass is 985 g/mol. The molecule has 10 heteroatoms. The normalized spacial score (nSPS) is 14.5. The van der Waals surface area contributed by atoms with Crippen molar-refractivity contribution in [2.45, 2.75) is 238 Å². The zero-order chi connectivity index (χ0) is 50.8. The molecule has 0 spiro atoms. The highest BCUT2D eigenvalue weighted by atomic mass is 31.2. The standard InChI is InChI=1S/C59H105N2O7P/c1-7-10-13-16-19-22-25-28-30-31-32-34-37-40-43-46-49-52-59(63)68-57(50-47-44-41-38-35-27-24-21-18-15-12-9-3)56(55-67-69(64,65)66-54-53-61(4,5)6)60-58(62)51-48-45-42-39-36-33-29-26-23-20-17-14-11-8-2/h10,13,19,22,28,30,32-34,36,40,43,47,50,56-57H,7-9,11-12,14-18,20-21,23-27,29,31,35,37-39,41-42,44-46,48-49,51-55H2,1-6H3,(H-,60,62,64,65)/b13-10-,22-19-,30-28-,34-32-,36-33-,43-40-,50-47+. The van der Waals surface area contributed by atoms with Gasteiger partial charge in [0.1, 0.15) is 19.3 Å². The van der Waals surface area contributed by atoms with Crippen LogP contribution >= 0.6 is 7.82 Å². The largest absolute Gasteiger partial charge is 0.756 e. The van der Waals surface area contributed by atoms with Crippen LogP contribution in [0.25, 0.3) is 0 Å². The zero-order valence-electron chi connectivity index (χ0n) is 45.2. The number of nitrogens with one attached hydrogen (secondary N) is 1. The highest BCUT2D eigenvalue weighted by Gasteiger charge is 2.27. The number of rotatable bonds is 49. The van der Waals surface area contributed by atoms with Crippen molar-refractivity contribution in [3.63, 3.8) is 0 Å². The summed E-state index contributed by atoms with van der Waals surface area (Å²) < 4.78 is 30.1. The lowest BCUT2D eigenvalue weighted by atomic mass is 10.1. The highest BCUT2D eigenvalue weighted by molar-refractivity contribution is 7.45. The van der Waals surface area contributed by atoms with Gasteiger partial charge in [0.15, 0.2) is 0 Å². The first-order chi connectivity index (χ1) is 33.4. The van der Waals surface area contributed by atoms with Gasteiger partial charge in [0.25, 0.3) is 7.82 Å². The van der Waals surface area contributed by atoms with Crippen LogP contribution < -0.4 is 10.2 Å². The molecule has 3 unspecified atom stereocenters. The van der Waals surface area contributed by atoms with Crippen LogP contribution in [-0.2, 0) is 27.9 Å². The minimum Gasteiger partial charge on any atom is -0.756 e. The number of amides is 1. The molecule has 0 bridgehead atoms. The molecule has 398 valence electrons. The number of allylic oxidation sites excluding steroid dienone is 13. The number of nitrogens with zero attached hydrogens (tertiary/aromatic N) is 1. The van der Waals surface area contributed by atoms with E-state index in [0.29, 0.717) is 23.9 Å². The van der Waals surface area contributed by atoms with Crippen LogP contribution in [-0.4, -0.2) is 69.4 Å². The summed E-state index contributed by atoms with van der Waals surface area (Å²) in [5.41, 5.74) is 0. The third kappa shape index (κ3) is 49.9. The average Bonchev–Trinajstić information content (AvgIpc) is 3.31. The minimum atomic E-state index is -4.71. The smallest absolute Gasteiger partial charge is 0.306 e. The van der Waals surface area contributed by atoms with E-state index in [1.165, 1.54) is 96.3 Å². The molecule has 0 saturated heterocycles. The molecule has 0 aliphatic rings. The molecule has 1 N–H and O–H groups in total. The summed E-state index contributed by atoms with van der Waals surface area (Å²) in [5, 5.41) is 2.99. The Bertz CT molecular complexity index is 1460. The summed E-state index contributed by atoms with van der Waals surface area (Å²) in [5.74, 6) is -0.632. The molecule has 0 radical (unpaired) electrons. The maximum absolute atomic E-state index is 13.4. The van der Waals surface area contributed by atoms with E-state index in [9.17, 15) is 19.0 Å². The van der Waals surface area contributed by atoms with Gasteiger partial charge >= 0.3 is 5.97 Å². The number of unbranched alkanes of at least 4 members (excludes halogenated alkanes) is 21. The molecule has 69 heavy (non-hydrogen) atoms. The highest BCUT2D eigenvalue weighted by Crippen LogP contribution is 2.38. The molecule has 0 aromatic heterocycles. The van der Waals surface area contributed by atoms with Crippen molar-refractivity contribution in [1.82, 2.24) is 5.32 Å². The fourth-order valence-corrected chi connectivity index (χ4v) is 8.21. The van der Waals surface area contributed by atoms with Gasteiger partial charge in [-0.25, -0.2) is 0 Å². The number of carbonyl (C=O) groups is 2. The van der Waals surface area contributed by atoms with Gasteiger partial charge in [-0.15, -0.1) is 0 Å². The summed E-state index contributed by atoms with van der Waals surface area (Å²) in [7, 11) is 1.14. The van der Waals surface area contributed by atoms with E-state index in [1.54, 1.807) is 6.08 Å². The van der Waals surface area contributed by atoms with Gasteiger partial charge in [-0.3, -0.25) is 14.2 Å². The molecule has 0 saturated carbocycles. The molecule has 0 aliphatic heterocycles. The zero-order valence-corrected chi connectivity index (χ0v) is 46.1. The van der Waals surface area contributed by atoms with E-state index in [1.807, 2.05) is 27.2 Å². The van der Waals surface area contributed by atoms with E-state index in [-0.39, 0.29) is 25.4 Å². The van der Waals surface area contributed by atoms with E-state index in [0.717, 1.165) is 83.5 Å². The second kappa shape index (κ2) is 48.8. The molecular formula is C59H105N2O7P. The lowest BCUT2D eigenvalue weighted by Crippen LogP contribution is -2.47. The lowest BCUT2D eigenvalue weighted by Gasteiger charge is -2.30. The molecule has 0 aromatic carbocycles. The third-order valence-electron chi connectivity index (χ3n) is 11.8. The maximum atomic E-state index is 13.4. The van der Waals surface area contributed by atoms with E-state index in [2.05, 4.69) is 99.0 Å². The van der Waals surface area contributed by atoms with Crippen molar-refractivity contribution in [2.24, 2.45) is 0 Å². The first-order valence-corrected chi connectivity index (χ1v) is 29.4. The quantitative estimate of drug-likeness (QED) is 0.0212. The molecule has 0 fully saturated rings. The maximum Gasteiger partial charge on any atom is 0.306 e. The Labute approximate surface area is 425 Å². The molecule has 3 atom stereocenters. The summed E-state index contributed by atoms with van der Waals surface area (Å²) in [6.45, 7) is 6.65. The number of quaternary nitrogens is 1. The van der Waals surface area contributed by atoms with Gasteiger partial charge in [0.05, 0.1) is 33.8 Å². The van der Waals surface area contributed by atoms with Gasteiger partial charge in [-0.05, 0) is 96.0 Å². The second-order valence-electron chi connectivity index (χ2n) is 19.7. The SMILES string of the molecule is CC/C=C\C/C=C\C/C=C\C/C=C\C/C=C\CCCC(=O)OC(/C=C/CCCCCCCCCCCC)C(COP(=O)([O-])OCC[N+](C)(C)C)NC(=O)CCCCC/C=C\CCCCCCCCC. The Morgan fingerprint density at radius 1 is 0.522 bits per heavy atom. The first-order valence-electron chi connectivity index (χ1n) is 27.9. The van der Waals surface area contributed by atoms with Crippen molar-refractivity contribution >= 4 is 19.7 Å². The van der Waals surface area contributed by atoms with Gasteiger partial charge in [0.2, 0.25) is 5.91 Å². The van der Waals surface area contributed by atoms with Crippen molar-refractivity contribution in [2.75, 3.05) is 40.9 Å². The molecule has 9 nitrogen and oxygen atoms in total. The van der Waals surface area contributed by atoms with Crippen LogP contribution in [0.5, 0.6) is 0 Å². The van der Waals surface area contributed by atoms with Crippen molar-refractivity contribution in [3.8, 4) is 0 Å². The molecule has 0 heterocycles. The topological polar surface area (TPSA) is 114 Å². The van der Waals surface area contributed by atoms with Crippen LogP contribution in [0.15, 0.2) is 85.1 Å². The Morgan fingerprint density at radius 2 is 0.942 bits per heavy atom. The van der Waals surface area contributed by atoms with Gasteiger partial charge < -0.3 is 28.5 Å². The van der Waals surface area contributed by atoms with Crippen molar-refractivity contribution < 1.29 is 37.3 Å².